The zero-order valence-corrected chi connectivity index (χ0v) is 9.95. The van der Waals surface area contributed by atoms with Gasteiger partial charge in [0.1, 0.15) is 0 Å². The van der Waals surface area contributed by atoms with Gasteiger partial charge in [-0.05, 0) is 13.0 Å². The monoisotopic (exact) mass is 279 g/mol. The Morgan fingerprint density at radius 3 is 2.58 bits per heavy atom. The number of anilines is 1. The molecule has 9 heteroatoms. The maximum atomic E-state index is 12.3. The number of ether oxygens (including phenoxy) is 2. The SMILES string of the molecule is CCOC(=O)c1nc(CN)cc(N)c1OC(F)(F)F. The molecule has 0 aliphatic carbocycles. The maximum Gasteiger partial charge on any atom is 0.573 e. The summed E-state index contributed by atoms with van der Waals surface area (Å²) >= 11 is 0. The number of halogens is 3. The average Bonchev–Trinajstić information content (AvgIpc) is 2.30. The lowest BCUT2D eigenvalue weighted by Gasteiger charge is -2.15. The number of nitrogens with zero attached hydrogens (tertiary/aromatic N) is 1. The summed E-state index contributed by atoms with van der Waals surface area (Å²) in [5.41, 5.74) is 9.82. The number of esters is 1. The number of rotatable bonds is 4. The normalized spacial score (nSPS) is 11.2. The highest BCUT2D eigenvalue weighted by Gasteiger charge is 2.35. The fraction of sp³-hybridized carbons (Fsp3) is 0.400. The highest BCUT2D eigenvalue weighted by atomic mass is 19.4. The van der Waals surface area contributed by atoms with E-state index < -0.39 is 29.5 Å². The van der Waals surface area contributed by atoms with E-state index in [2.05, 4.69) is 14.5 Å². The lowest BCUT2D eigenvalue weighted by Crippen LogP contribution is -2.22. The molecule has 0 saturated carbocycles. The third kappa shape index (κ3) is 3.98. The van der Waals surface area contributed by atoms with Crippen molar-refractivity contribution in [2.75, 3.05) is 12.3 Å². The topological polar surface area (TPSA) is 100 Å². The second-order valence-electron chi connectivity index (χ2n) is 3.35. The molecule has 0 spiro atoms. The molecule has 0 radical (unpaired) electrons. The number of pyridine rings is 1. The molecule has 0 aliphatic rings. The summed E-state index contributed by atoms with van der Waals surface area (Å²) < 4.78 is 45.0. The summed E-state index contributed by atoms with van der Waals surface area (Å²) in [6, 6.07) is 1.10. The first-order valence-electron chi connectivity index (χ1n) is 5.20. The van der Waals surface area contributed by atoms with Gasteiger partial charge >= 0.3 is 12.3 Å². The van der Waals surface area contributed by atoms with E-state index >= 15 is 0 Å². The van der Waals surface area contributed by atoms with Gasteiger partial charge < -0.3 is 20.9 Å². The summed E-state index contributed by atoms with van der Waals surface area (Å²) in [5.74, 6) is -1.95. The third-order valence-electron chi connectivity index (χ3n) is 1.95. The maximum absolute atomic E-state index is 12.3. The minimum absolute atomic E-state index is 0.0290. The van der Waals surface area contributed by atoms with Crippen molar-refractivity contribution in [3.8, 4) is 5.75 Å². The van der Waals surface area contributed by atoms with Gasteiger partial charge in [-0.1, -0.05) is 0 Å². The predicted molar refractivity (Wildman–Crippen MR) is 59.2 cm³/mol. The van der Waals surface area contributed by atoms with Gasteiger partial charge in [0.25, 0.3) is 0 Å². The molecule has 19 heavy (non-hydrogen) atoms. The molecule has 0 atom stereocenters. The minimum atomic E-state index is -5.00. The molecule has 0 amide bonds. The van der Waals surface area contributed by atoms with Gasteiger partial charge in [-0.15, -0.1) is 13.2 Å². The zero-order valence-electron chi connectivity index (χ0n) is 9.95. The molecule has 106 valence electrons. The van der Waals surface area contributed by atoms with Crippen molar-refractivity contribution < 1.29 is 27.4 Å². The predicted octanol–water partition coefficient (Wildman–Crippen LogP) is 1.20. The molecule has 6 nitrogen and oxygen atoms in total. The van der Waals surface area contributed by atoms with Crippen LogP contribution in [-0.2, 0) is 11.3 Å². The molecule has 0 bridgehead atoms. The van der Waals surface area contributed by atoms with E-state index in [1.807, 2.05) is 0 Å². The second-order valence-corrected chi connectivity index (χ2v) is 3.35. The van der Waals surface area contributed by atoms with Crippen LogP contribution in [0.2, 0.25) is 0 Å². The van der Waals surface area contributed by atoms with Crippen LogP contribution >= 0.6 is 0 Å². The van der Waals surface area contributed by atoms with E-state index in [-0.39, 0.29) is 18.8 Å². The van der Waals surface area contributed by atoms with E-state index in [4.69, 9.17) is 11.5 Å². The summed E-state index contributed by atoms with van der Waals surface area (Å²) in [4.78, 5) is 15.2. The molecule has 1 heterocycles. The van der Waals surface area contributed by atoms with E-state index in [0.717, 1.165) is 6.07 Å². The van der Waals surface area contributed by atoms with Gasteiger partial charge in [0.05, 0.1) is 18.0 Å². The molecule has 0 fully saturated rings. The molecule has 1 rings (SSSR count). The number of hydrogen-bond acceptors (Lipinski definition) is 6. The Bertz CT molecular complexity index is 477. The van der Waals surface area contributed by atoms with Gasteiger partial charge in [0.2, 0.25) is 0 Å². The largest absolute Gasteiger partial charge is 0.573 e. The number of carbonyl (C=O) groups excluding carboxylic acids is 1. The molecule has 0 aromatic carbocycles. The number of hydrogen-bond donors (Lipinski definition) is 2. The Labute approximate surface area is 106 Å². The first kappa shape index (κ1) is 15.0. The van der Waals surface area contributed by atoms with Crippen LogP contribution in [0.4, 0.5) is 18.9 Å². The number of alkyl halides is 3. The fourth-order valence-corrected chi connectivity index (χ4v) is 1.27. The van der Waals surface area contributed by atoms with Crippen molar-refractivity contribution in [2.45, 2.75) is 19.8 Å². The number of nitrogens with two attached hydrogens (primary N) is 2. The van der Waals surface area contributed by atoms with Crippen molar-refractivity contribution in [2.24, 2.45) is 5.73 Å². The fourth-order valence-electron chi connectivity index (χ4n) is 1.27. The minimum Gasteiger partial charge on any atom is -0.461 e. The molecular formula is C10H12F3N3O3. The van der Waals surface area contributed by atoms with Crippen LogP contribution in [-0.4, -0.2) is 23.9 Å². The molecule has 4 N–H and O–H groups in total. The van der Waals surface area contributed by atoms with Gasteiger partial charge in [-0.2, -0.15) is 0 Å². The van der Waals surface area contributed by atoms with Crippen LogP contribution in [0.15, 0.2) is 6.07 Å². The summed E-state index contributed by atoms with van der Waals surface area (Å²) in [7, 11) is 0. The van der Waals surface area contributed by atoms with Gasteiger partial charge in [0, 0.05) is 6.54 Å². The lowest BCUT2D eigenvalue weighted by molar-refractivity contribution is -0.274. The van der Waals surface area contributed by atoms with E-state index in [1.165, 1.54) is 6.92 Å². The number of nitrogen functional groups attached to an aromatic ring is 1. The van der Waals surface area contributed by atoms with Crippen LogP contribution in [0.3, 0.4) is 0 Å². The second kappa shape index (κ2) is 5.74. The average molecular weight is 279 g/mol. The first-order valence-corrected chi connectivity index (χ1v) is 5.20. The molecule has 0 unspecified atom stereocenters. The zero-order chi connectivity index (χ0) is 14.6. The quantitative estimate of drug-likeness (QED) is 0.803. The molecular weight excluding hydrogens is 267 g/mol. The number of carbonyl (C=O) groups is 1. The summed E-state index contributed by atoms with van der Waals surface area (Å²) in [6.07, 6.45) is -5.00. The standard InChI is InChI=1S/C10H12F3N3O3/c1-2-18-9(17)7-8(19-10(11,12)13)6(15)3-5(4-14)16-7/h3H,2,4,14H2,1H3,(H2,15,16). The van der Waals surface area contributed by atoms with E-state index in [0.29, 0.717) is 0 Å². The van der Waals surface area contributed by atoms with Crippen LogP contribution in [0.25, 0.3) is 0 Å². The Balaban J connectivity index is 3.29. The van der Waals surface area contributed by atoms with E-state index in [9.17, 15) is 18.0 Å². The van der Waals surface area contributed by atoms with Crippen molar-refractivity contribution in [3.05, 3.63) is 17.5 Å². The highest BCUT2D eigenvalue weighted by molar-refractivity contribution is 5.92. The Morgan fingerprint density at radius 1 is 1.47 bits per heavy atom. The van der Waals surface area contributed by atoms with Crippen molar-refractivity contribution in [3.63, 3.8) is 0 Å². The Morgan fingerprint density at radius 2 is 2.11 bits per heavy atom. The van der Waals surface area contributed by atoms with Gasteiger partial charge in [-0.25, -0.2) is 9.78 Å². The number of aromatic nitrogens is 1. The van der Waals surface area contributed by atoms with Crippen molar-refractivity contribution in [1.82, 2.24) is 4.98 Å². The lowest BCUT2D eigenvalue weighted by atomic mass is 10.2. The smallest absolute Gasteiger partial charge is 0.461 e. The third-order valence-corrected chi connectivity index (χ3v) is 1.95. The first-order chi connectivity index (χ1) is 8.78. The van der Waals surface area contributed by atoms with Crippen LogP contribution in [0.1, 0.15) is 23.1 Å². The van der Waals surface area contributed by atoms with Crippen LogP contribution in [0, 0.1) is 0 Å². The Hall–Kier alpha value is -2.03. The molecule has 0 saturated heterocycles. The van der Waals surface area contributed by atoms with Crippen LogP contribution < -0.4 is 16.2 Å². The molecule has 0 aliphatic heterocycles. The van der Waals surface area contributed by atoms with Crippen molar-refractivity contribution >= 4 is 11.7 Å². The van der Waals surface area contributed by atoms with Gasteiger partial charge in [0.15, 0.2) is 11.4 Å². The molecule has 1 aromatic heterocycles. The highest BCUT2D eigenvalue weighted by Crippen LogP contribution is 2.32. The summed E-state index contributed by atoms with van der Waals surface area (Å²) in [6.45, 7) is 1.37. The molecule has 1 aromatic rings. The van der Waals surface area contributed by atoms with Crippen molar-refractivity contribution in [1.29, 1.82) is 0 Å². The van der Waals surface area contributed by atoms with Gasteiger partial charge in [-0.3, -0.25) is 0 Å². The van der Waals surface area contributed by atoms with Crippen LogP contribution in [0.5, 0.6) is 5.75 Å². The summed E-state index contributed by atoms with van der Waals surface area (Å²) in [5, 5.41) is 0. The Kier molecular flexibility index (Phi) is 4.54. The van der Waals surface area contributed by atoms with E-state index in [1.54, 1.807) is 0 Å².